The van der Waals surface area contributed by atoms with Crippen molar-refractivity contribution in [3.63, 3.8) is 0 Å². The molecule has 0 amide bonds. The lowest BCUT2D eigenvalue weighted by atomic mass is 9.37. The molecule has 0 saturated heterocycles. The van der Waals surface area contributed by atoms with Crippen molar-refractivity contribution in [1.29, 1.82) is 0 Å². The van der Waals surface area contributed by atoms with E-state index in [0.29, 0.717) is 13.0 Å². The van der Waals surface area contributed by atoms with Crippen LogP contribution in [-0.2, 0) is 15.4 Å². The topological polar surface area (TPSA) is 50.3 Å². The summed E-state index contributed by atoms with van der Waals surface area (Å²) in [6.45, 7) is 7.64. The Morgan fingerprint density at radius 1 is 1.24 bits per heavy atom. The molecule has 3 aliphatic carbocycles. The maximum Gasteiger partial charge on any atom is 0.236 e. The van der Waals surface area contributed by atoms with Gasteiger partial charge in [0.2, 0.25) is 10.0 Å². The van der Waals surface area contributed by atoms with Crippen molar-refractivity contribution in [2.45, 2.75) is 36.6 Å². The van der Waals surface area contributed by atoms with Crippen molar-refractivity contribution in [2.24, 2.45) is 0 Å². The molecule has 4 rings (SSSR count). The Morgan fingerprint density at radius 2 is 1.86 bits per heavy atom. The van der Waals surface area contributed by atoms with Crippen LogP contribution in [0.25, 0.3) is 0 Å². The quantitative estimate of drug-likeness (QED) is 0.728. The molecule has 0 unspecified atom stereocenters. The Kier molecular flexibility index (Phi) is 3.30. The highest BCUT2D eigenvalue weighted by Crippen LogP contribution is 2.70. The van der Waals surface area contributed by atoms with E-state index in [0.717, 1.165) is 24.7 Å². The first-order chi connectivity index (χ1) is 9.98. The van der Waals surface area contributed by atoms with E-state index in [1.165, 1.54) is 5.56 Å². The molecule has 3 fully saturated rings. The SMILES string of the molecule is C=CCCN(C12CC(c3ccncc3)(C1)C2)S(=O)(=O)C=C. The number of hydrogen-bond acceptors (Lipinski definition) is 3. The lowest BCUT2D eigenvalue weighted by Crippen LogP contribution is -2.77. The predicted octanol–water partition coefficient (Wildman–Crippen LogP) is 2.61. The smallest absolute Gasteiger partial charge is 0.236 e. The number of rotatable bonds is 7. The monoisotopic (exact) mass is 304 g/mol. The van der Waals surface area contributed by atoms with Crippen LogP contribution in [0.4, 0.5) is 0 Å². The van der Waals surface area contributed by atoms with E-state index >= 15 is 0 Å². The predicted molar refractivity (Wildman–Crippen MR) is 83.1 cm³/mol. The van der Waals surface area contributed by atoms with E-state index in [9.17, 15) is 8.42 Å². The average molecular weight is 304 g/mol. The summed E-state index contributed by atoms with van der Waals surface area (Å²) >= 11 is 0. The van der Waals surface area contributed by atoms with Crippen LogP contribution < -0.4 is 0 Å². The molecule has 0 radical (unpaired) electrons. The largest absolute Gasteiger partial charge is 0.265 e. The molecule has 0 N–H and O–H groups in total. The van der Waals surface area contributed by atoms with Crippen LogP contribution in [0.1, 0.15) is 31.2 Å². The third-order valence-electron chi connectivity index (χ3n) is 4.88. The van der Waals surface area contributed by atoms with Gasteiger partial charge in [-0.2, -0.15) is 4.31 Å². The first kappa shape index (κ1) is 14.5. The Labute approximate surface area is 126 Å². The van der Waals surface area contributed by atoms with Gasteiger partial charge < -0.3 is 0 Å². The molecular weight excluding hydrogens is 284 g/mol. The first-order valence-corrected chi connectivity index (χ1v) is 8.65. The van der Waals surface area contributed by atoms with Gasteiger partial charge in [0.15, 0.2) is 0 Å². The fourth-order valence-corrected chi connectivity index (χ4v) is 5.22. The van der Waals surface area contributed by atoms with Crippen LogP contribution >= 0.6 is 0 Å². The van der Waals surface area contributed by atoms with E-state index in [1.807, 2.05) is 12.1 Å². The highest BCUT2D eigenvalue weighted by Gasteiger charge is 2.72. The van der Waals surface area contributed by atoms with Gasteiger partial charge in [-0.05, 0) is 43.4 Å². The van der Waals surface area contributed by atoms with Gasteiger partial charge in [0.05, 0.1) is 0 Å². The summed E-state index contributed by atoms with van der Waals surface area (Å²) < 4.78 is 26.2. The van der Waals surface area contributed by atoms with Crippen molar-refractivity contribution >= 4 is 10.0 Å². The summed E-state index contributed by atoms with van der Waals surface area (Å²) in [7, 11) is -3.38. The summed E-state index contributed by atoms with van der Waals surface area (Å²) in [6.07, 6.45) is 8.72. The summed E-state index contributed by atoms with van der Waals surface area (Å²) in [4.78, 5) is 4.05. The van der Waals surface area contributed by atoms with Gasteiger partial charge in [0.1, 0.15) is 0 Å². The lowest BCUT2D eigenvalue weighted by Gasteiger charge is -2.73. The Morgan fingerprint density at radius 3 is 2.38 bits per heavy atom. The third-order valence-corrected chi connectivity index (χ3v) is 6.48. The second kappa shape index (κ2) is 4.78. The number of aromatic nitrogens is 1. The molecule has 21 heavy (non-hydrogen) atoms. The Hall–Kier alpha value is -1.46. The molecule has 1 aromatic rings. The third kappa shape index (κ3) is 2.07. The molecule has 3 aliphatic rings. The molecule has 112 valence electrons. The van der Waals surface area contributed by atoms with Crippen molar-refractivity contribution in [2.75, 3.05) is 6.54 Å². The van der Waals surface area contributed by atoms with Crippen molar-refractivity contribution in [1.82, 2.24) is 9.29 Å². The van der Waals surface area contributed by atoms with Crippen LogP contribution in [0, 0.1) is 0 Å². The van der Waals surface area contributed by atoms with Crippen LogP contribution in [0.5, 0.6) is 0 Å². The van der Waals surface area contributed by atoms with E-state index in [1.54, 1.807) is 22.8 Å². The van der Waals surface area contributed by atoms with E-state index in [2.05, 4.69) is 18.1 Å². The fraction of sp³-hybridized carbons (Fsp3) is 0.438. The first-order valence-electron chi connectivity index (χ1n) is 7.15. The van der Waals surface area contributed by atoms with Gasteiger partial charge in [-0.3, -0.25) is 4.98 Å². The normalized spacial score (nSPS) is 30.3. The van der Waals surface area contributed by atoms with Gasteiger partial charge >= 0.3 is 0 Å². The second-order valence-electron chi connectivity index (χ2n) is 6.13. The second-order valence-corrected chi connectivity index (χ2v) is 7.94. The van der Waals surface area contributed by atoms with E-state index in [4.69, 9.17) is 0 Å². The van der Waals surface area contributed by atoms with Crippen LogP contribution in [0.15, 0.2) is 49.2 Å². The van der Waals surface area contributed by atoms with Gasteiger partial charge in [0, 0.05) is 35.3 Å². The molecular formula is C16H20N2O2S. The lowest BCUT2D eigenvalue weighted by molar-refractivity contribution is -0.135. The van der Waals surface area contributed by atoms with Crippen molar-refractivity contribution in [3.8, 4) is 0 Å². The summed E-state index contributed by atoms with van der Waals surface area (Å²) in [5.41, 5.74) is 1.23. The molecule has 1 heterocycles. The van der Waals surface area contributed by atoms with E-state index in [-0.39, 0.29) is 11.0 Å². The molecule has 1 aromatic heterocycles. The standard InChI is InChI=1S/C16H20N2O2S/c1-3-5-10-18(21(19,20)4-2)16-11-15(12-16,13-16)14-6-8-17-9-7-14/h3-4,6-9H,1-2,5,10-13H2. The van der Waals surface area contributed by atoms with Crippen molar-refractivity contribution < 1.29 is 8.42 Å². The van der Waals surface area contributed by atoms with Gasteiger partial charge in [-0.1, -0.05) is 12.7 Å². The van der Waals surface area contributed by atoms with Crippen LogP contribution in [0.2, 0.25) is 0 Å². The maximum atomic E-state index is 12.3. The van der Waals surface area contributed by atoms with Crippen LogP contribution in [-0.4, -0.2) is 29.8 Å². The number of pyridine rings is 1. The molecule has 0 aromatic carbocycles. The molecule has 0 spiro atoms. The van der Waals surface area contributed by atoms with Gasteiger partial charge in [0.25, 0.3) is 0 Å². The Balaban J connectivity index is 1.80. The molecule has 2 bridgehead atoms. The molecule has 4 nitrogen and oxygen atoms in total. The fourth-order valence-electron chi connectivity index (χ4n) is 3.94. The van der Waals surface area contributed by atoms with E-state index < -0.39 is 10.0 Å². The van der Waals surface area contributed by atoms with Crippen molar-refractivity contribution in [3.05, 3.63) is 54.7 Å². The minimum atomic E-state index is -3.38. The summed E-state index contributed by atoms with van der Waals surface area (Å²) in [5.74, 6) is 0. The number of nitrogens with zero attached hydrogens (tertiary/aromatic N) is 2. The van der Waals surface area contributed by atoms with Gasteiger partial charge in [-0.25, -0.2) is 8.42 Å². The zero-order chi connectivity index (χ0) is 15.1. The molecule has 3 saturated carbocycles. The summed E-state index contributed by atoms with van der Waals surface area (Å²) in [5, 5.41) is 1.07. The number of sulfonamides is 1. The average Bonchev–Trinajstić information content (AvgIpc) is 2.40. The number of hydrogen-bond donors (Lipinski definition) is 0. The minimum absolute atomic E-state index is 0.159. The molecule has 0 atom stereocenters. The van der Waals surface area contributed by atoms with Gasteiger partial charge in [-0.15, -0.1) is 6.58 Å². The highest BCUT2D eigenvalue weighted by atomic mass is 32.2. The molecule has 0 aliphatic heterocycles. The maximum absolute atomic E-state index is 12.3. The zero-order valence-electron chi connectivity index (χ0n) is 12.0. The summed E-state index contributed by atoms with van der Waals surface area (Å²) in [6, 6.07) is 4.08. The zero-order valence-corrected chi connectivity index (χ0v) is 12.8. The highest BCUT2D eigenvalue weighted by molar-refractivity contribution is 7.92. The molecule has 5 heteroatoms. The Bertz CT molecular complexity index is 647. The minimum Gasteiger partial charge on any atom is -0.265 e. The van der Waals surface area contributed by atoms with Crippen LogP contribution in [0.3, 0.4) is 0 Å².